The average molecular weight is 321 g/mol. The molecule has 0 fully saturated rings. The zero-order valence-corrected chi connectivity index (χ0v) is 12.2. The Balaban J connectivity index is 2.53. The van der Waals surface area contributed by atoms with E-state index >= 15 is 0 Å². The monoisotopic (exact) mass is 320 g/mol. The van der Waals surface area contributed by atoms with E-state index in [1.165, 1.54) is 6.07 Å². The summed E-state index contributed by atoms with van der Waals surface area (Å²) in [5.74, 6) is 0. The molecule has 0 N–H and O–H groups in total. The van der Waals surface area contributed by atoms with Crippen LogP contribution in [0.2, 0.25) is 0 Å². The first kappa shape index (κ1) is 13.5. The number of anilines is 2. The molecule has 19 heavy (non-hydrogen) atoms. The Labute approximate surface area is 119 Å². The fourth-order valence-corrected chi connectivity index (χ4v) is 2.34. The highest BCUT2D eigenvalue weighted by Gasteiger charge is 2.19. The molecule has 5 heteroatoms. The lowest BCUT2D eigenvalue weighted by Gasteiger charge is -2.21. The van der Waals surface area contributed by atoms with E-state index in [-0.39, 0.29) is 10.6 Å². The molecule has 0 saturated heterocycles. The number of hydrogen-bond donors (Lipinski definition) is 0. The lowest BCUT2D eigenvalue weighted by molar-refractivity contribution is -0.384. The van der Waals surface area contributed by atoms with Gasteiger partial charge >= 0.3 is 0 Å². The van der Waals surface area contributed by atoms with E-state index in [2.05, 4.69) is 15.9 Å². The topological polar surface area (TPSA) is 46.4 Å². The number of nitro groups is 1. The Morgan fingerprint density at radius 1 is 1.16 bits per heavy atom. The number of nitrogens with zero attached hydrogens (tertiary/aromatic N) is 2. The minimum atomic E-state index is -0.366. The second kappa shape index (κ2) is 5.40. The van der Waals surface area contributed by atoms with Crippen molar-refractivity contribution >= 4 is 33.0 Å². The summed E-state index contributed by atoms with van der Waals surface area (Å²) in [7, 11) is 1.83. The number of aryl methyl sites for hydroxylation is 1. The minimum Gasteiger partial charge on any atom is -0.339 e. The third-order valence-corrected chi connectivity index (χ3v) is 3.47. The molecule has 98 valence electrons. The van der Waals surface area contributed by atoms with E-state index in [9.17, 15) is 10.1 Å². The van der Waals surface area contributed by atoms with Gasteiger partial charge in [-0.25, -0.2) is 0 Å². The molecule has 0 aliphatic carbocycles. The summed E-state index contributed by atoms with van der Waals surface area (Å²) >= 11 is 3.26. The maximum absolute atomic E-state index is 11.2. The van der Waals surface area contributed by atoms with E-state index in [0.717, 1.165) is 11.3 Å². The van der Waals surface area contributed by atoms with Crippen molar-refractivity contribution < 1.29 is 4.92 Å². The maximum atomic E-state index is 11.2. The summed E-state index contributed by atoms with van der Waals surface area (Å²) in [6.07, 6.45) is 0. The van der Waals surface area contributed by atoms with Crippen LogP contribution in [0.5, 0.6) is 0 Å². The molecule has 2 rings (SSSR count). The highest BCUT2D eigenvalue weighted by Crippen LogP contribution is 2.35. The van der Waals surface area contributed by atoms with Crippen LogP contribution < -0.4 is 4.90 Å². The third kappa shape index (κ3) is 2.76. The zero-order chi connectivity index (χ0) is 14.0. The molecule has 0 amide bonds. The van der Waals surface area contributed by atoms with E-state index in [1.807, 2.05) is 43.1 Å². The van der Waals surface area contributed by atoms with Gasteiger partial charge in [-0.05, 0) is 30.7 Å². The summed E-state index contributed by atoms with van der Waals surface area (Å²) in [6.45, 7) is 1.98. The van der Waals surface area contributed by atoms with Crippen molar-refractivity contribution in [3.63, 3.8) is 0 Å². The minimum absolute atomic E-state index is 0.0835. The van der Waals surface area contributed by atoms with Gasteiger partial charge in [0, 0.05) is 23.3 Å². The van der Waals surface area contributed by atoms with Gasteiger partial charge in [0.2, 0.25) is 0 Å². The largest absolute Gasteiger partial charge is 0.339 e. The molecular formula is C14H13BrN2O2. The fourth-order valence-electron chi connectivity index (χ4n) is 2.00. The first-order chi connectivity index (χ1) is 9.00. The molecule has 0 aliphatic rings. The normalized spacial score (nSPS) is 10.3. The summed E-state index contributed by atoms with van der Waals surface area (Å²) in [4.78, 5) is 12.6. The van der Waals surface area contributed by atoms with Gasteiger partial charge in [0.05, 0.1) is 4.92 Å². The molecule has 0 bridgehead atoms. The Morgan fingerprint density at radius 3 is 2.47 bits per heavy atom. The van der Waals surface area contributed by atoms with Gasteiger partial charge < -0.3 is 4.90 Å². The second-order valence-electron chi connectivity index (χ2n) is 4.24. The molecule has 2 aromatic rings. The Morgan fingerprint density at radius 2 is 1.84 bits per heavy atom. The van der Waals surface area contributed by atoms with Crippen molar-refractivity contribution in [2.75, 3.05) is 11.9 Å². The van der Waals surface area contributed by atoms with E-state index < -0.39 is 0 Å². The van der Waals surface area contributed by atoms with Crippen molar-refractivity contribution in [1.82, 2.24) is 0 Å². The van der Waals surface area contributed by atoms with Gasteiger partial charge in [0.25, 0.3) is 5.69 Å². The van der Waals surface area contributed by atoms with Crippen LogP contribution in [0.25, 0.3) is 0 Å². The van der Waals surface area contributed by atoms with Crippen LogP contribution in [-0.4, -0.2) is 12.0 Å². The third-order valence-electron chi connectivity index (χ3n) is 2.97. The SMILES string of the molecule is Cc1ccccc1N(C)c1ccc(Br)cc1[N+](=O)[O-]. The molecule has 0 unspecified atom stereocenters. The molecule has 0 heterocycles. The summed E-state index contributed by atoms with van der Waals surface area (Å²) in [5, 5.41) is 11.2. The van der Waals surface area contributed by atoms with Crippen LogP contribution in [0.1, 0.15) is 5.56 Å². The van der Waals surface area contributed by atoms with Gasteiger partial charge in [0.15, 0.2) is 0 Å². The summed E-state index contributed by atoms with van der Waals surface area (Å²) in [5.41, 5.74) is 2.68. The molecule has 0 atom stereocenters. The quantitative estimate of drug-likeness (QED) is 0.620. The van der Waals surface area contributed by atoms with Gasteiger partial charge in [-0.1, -0.05) is 34.1 Å². The maximum Gasteiger partial charge on any atom is 0.293 e. The zero-order valence-electron chi connectivity index (χ0n) is 10.6. The van der Waals surface area contributed by atoms with Gasteiger partial charge in [-0.2, -0.15) is 0 Å². The van der Waals surface area contributed by atoms with Crippen molar-refractivity contribution in [2.45, 2.75) is 6.92 Å². The number of benzene rings is 2. The van der Waals surface area contributed by atoms with Crippen LogP contribution in [0, 0.1) is 17.0 Å². The van der Waals surface area contributed by atoms with Gasteiger partial charge in [0.1, 0.15) is 5.69 Å². The number of rotatable bonds is 3. The van der Waals surface area contributed by atoms with Crippen LogP contribution in [-0.2, 0) is 0 Å². The van der Waals surface area contributed by atoms with Crippen LogP contribution >= 0.6 is 15.9 Å². The number of hydrogen-bond acceptors (Lipinski definition) is 3. The van der Waals surface area contributed by atoms with Crippen LogP contribution in [0.4, 0.5) is 17.1 Å². The average Bonchev–Trinajstić information content (AvgIpc) is 2.38. The highest BCUT2D eigenvalue weighted by molar-refractivity contribution is 9.10. The van der Waals surface area contributed by atoms with Crippen molar-refractivity contribution in [3.8, 4) is 0 Å². The fraction of sp³-hybridized carbons (Fsp3) is 0.143. The van der Waals surface area contributed by atoms with E-state index in [0.29, 0.717) is 10.2 Å². The first-order valence-corrected chi connectivity index (χ1v) is 6.53. The molecule has 0 spiro atoms. The molecule has 0 saturated carbocycles. The molecular weight excluding hydrogens is 308 g/mol. The van der Waals surface area contributed by atoms with Crippen molar-refractivity contribution in [1.29, 1.82) is 0 Å². The molecule has 2 aromatic carbocycles. The second-order valence-corrected chi connectivity index (χ2v) is 5.15. The summed E-state index contributed by atoms with van der Waals surface area (Å²) < 4.78 is 0.695. The van der Waals surface area contributed by atoms with E-state index in [1.54, 1.807) is 12.1 Å². The molecule has 4 nitrogen and oxygen atoms in total. The smallest absolute Gasteiger partial charge is 0.293 e. The summed E-state index contributed by atoms with van der Waals surface area (Å²) in [6, 6.07) is 12.9. The number of nitro benzene ring substituents is 1. The van der Waals surface area contributed by atoms with Crippen LogP contribution in [0.15, 0.2) is 46.9 Å². The molecule has 0 radical (unpaired) electrons. The lowest BCUT2D eigenvalue weighted by atomic mass is 10.1. The Hall–Kier alpha value is -1.88. The van der Waals surface area contributed by atoms with Crippen LogP contribution in [0.3, 0.4) is 0 Å². The number of halogens is 1. The highest BCUT2D eigenvalue weighted by atomic mass is 79.9. The number of para-hydroxylation sites is 1. The first-order valence-electron chi connectivity index (χ1n) is 5.74. The van der Waals surface area contributed by atoms with Crippen molar-refractivity contribution in [2.24, 2.45) is 0 Å². The van der Waals surface area contributed by atoms with Gasteiger partial charge in [-0.15, -0.1) is 0 Å². The standard InChI is InChI=1S/C14H13BrN2O2/c1-10-5-3-4-6-12(10)16(2)13-8-7-11(15)9-14(13)17(18)19/h3-9H,1-2H3. The van der Waals surface area contributed by atoms with E-state index in [4.69, 9.17) is 0 Å². The molecule has 0 aromatic heterocycles. The predicted octanol–water partition coefficient (Wildman–Crippen LogP) is 4.43. The lowest BCUT2D eigenvalue weighted by Crippen LogP contribution is -2.12. The van der Waals surface area contributed by atoms with Crippen molar-refractivity contribution in [3.05, 3.63) is 62.6 Å². The molecule has 0 aliphatic heterocycles. The van der Waals surface area contributed by atoms with Gasteiger partial charge in [-0.3, -0.25) is 10.1 Å². The Kier molecular flexibility index (Phi) is 3.85. The predicted molar refractivity (Wildman–Crippen MR) is 80.0 cm³/mol. The Bertz CT molecular complexity index is 629.